The van der Waals surface area contributed by atoms with E-state index in [0.29, 0.717) is 15.8 Å². The molecule has 0 saturated heterocycles. The predicted octanol–water partition coefficient (Wildman–Crippen LogP) is 2.56. The highest BCUT2D eigenvalue weighted by atomic mass is 79.9. The number of hydrogen-bond acceptors (Lipinski definition) is 4. The first-order chi connectivity index (χ1) is 8.46. The van der Waals surface area contributed by atoms with E-state index >= 15 is 0 Å². The number of rotatable bonds is 3. The smallest absolute Gasteiger partial charge is 0.245 e. The van der Waals surface area contributed by atoms with Crippen molar-refractivity contribution in [2.24, 2.45) is 0 Å². The predicted molar refractivity (Wildman–Crippen MR) is 83.8 cm³/mol. The molecular weight excluding hydrogens is 400 g/mol. The zero-order valence-electron chi connectivity index (χ0n) is 10.6. The van der Waals surface area contributed by atoms with Gasteiger partial charge in [0.05, 0.1) is 11.4 Å². The van der Waals surface area contributed by atoms with Gasteiger partial charge in [0.2, 0.25) is 5.91 Å². The monoisotopic (exact) mass is 412 g/mol. The van der Waals surface area contributed by atoms with Crippen LogP contribution in [0.25, 0.3) is 0 Å². The second-order valence-corrected chi connectivity index (χ2v) is 8.92. The molecule has 5 nitrogen and oxygen atoms in total. The number of nitrogens with two attached hydrogens (primary N) is 1. The van der Waals surface area contributed by atoms with Crippen LogP contribution in [0.2, 0.25) is 0 Å². The van der Waals surface area contributed by atoms with Crippen LogP contribution >= 0.6 is 31.9 Å². The summed E-state index contributed by atoms with van der Waals surface area (Å²) in [6.45, 7) is 2.70. The lowest BCUT2D eigenvalue weighted by Gasteiger charge is -2.22. The van der Waals surface area contributed by atoms with E-state index in [1.807, 2.05) is 0 Å². The quantitative estimate of drug-likeness (QED) is 0.745. The Kier molecular flexibility index (Phi) is 4.69. The molecule has 19 heavy (non-hydrogen) atoms. The van der Waals surface area contributed by atoms with Crippen molar-refractivity contribution in [3.8, 4) is 0 Å². The Labute approximate surface area is 129 Å². The minimum absolute atomic E-state index is 0.332. The number of hydrogen-bond donors (Lipinski definition) is 2. The molecule has 0 radical (unpaired) electrons. The van der Waals surface area contributed by atoms with E-state index in [0.717, 1.165) is 10.7 Å². The minimum atomic E-state index is -3.53. The van der Waals surface area contributed by atoms with Crippen molar-refractivity contribution in [2.75, 3.05) is 17.3 Å². The summed E-state index contributed by atoms with van der Waals surface area (Å²) in [5.74, 6) is -0.635. The highest BCUT2D eigenvalue weighted by molar-refractivity contribution is 9.11. The van der Waals surface area contributed by atoms with Crippen molar-refractivity contribution in [2.45, 2.75) is 18.6 Å². The second-order valence-electron chi connectivity index (χ2n) is 4.59. The van der Waals surface area contributed by atoms with E-state index < -0.39 is 20.5 Å². The number of benzene rings is 1. The molecule has 0 unspecified atom stereocenters. The Morgan fingerprint density at radius 1 is 1.32 bits per heavy atom. The Balaban J connectivity index is 3.15. The summed E-state index contributed by atoms with van der Waals surface area (Å²) in [6.07, 6.45) is 1.02. The van der Waals surface area contributed by atoms with Gasteiger partial charge in [-0.2, -0.15) is 0 Å². The third-order valence-corrected chi connectivity index (χ3v) is 5.92. The van der Waals surface area contributed by atoms with Gasteiger partial charge in [-0.15, -0.1) is 0 Å². The van der Waals surface area contributed by atoms with Crippen LogP contribution in [0, 0.1) is 0 Å². The van der Waals surface area contributed by atoms with E-state index in [2.05, 4.69) is 37.2 Å². The van der Waals surface area contributed by atoms with Crippen molar-refractivity contribution in [1.82, 2.24) is 0 Å². The van der Waals surface area contributed by atoms with E-state index in [1.54, 1.807) is 12.1 Å². The molecule has 0 aromatic heterocycles. The molecule has 0 atom stereocenters. The van der Waals surface area contributed by atoms with Gasteiger partial charge < -0.3 is 11.1 Å². The first-order valence-corrected chi connectivity index (χ1v) is 8.70. The molecular formula is C11H14Br2N2O3S. The zero-order chi connectivity index (χ0) is 15.0. The van der Waals surface area contributed by atoms with Gasteiger partial charge >= 0.3 is 0 Å². The van der Waals surface area contributed by atoms with Crippen LogP contribution in [0.5, 0.6) is 0 Å². The summed E-state index contributed by atoms with van der Waals surface area (Å²) < 4.78 is 23.0. The number of nitrogens with one attached hydrogen (secondary N) is 1. The number of anilines is 2. The molecule has 1 amide bonds. The summed E-state index contributed by atoms with van der Waals surface area (Å²) in [4.78, 5) is 12.1. The normalized spacial score (nSPS) is 12.3. The van der Waals surface area contributed by atoms with Crippen molar-refractivity contribution < 1.29 is 13.2 Å². The summed E-state index contributed by atoms with van der Waals surface area (Å²) in [5.41, 5.74) is 6.48. The third-order valence-electron chi connectivity index (χ3n) is 2.80. The molecule has 0 fully saturated rings. The number of nitrogen functional groups attached to an aromatic ring is 1. The molecule has 0 aliphatic carbocycles. The Morgan fingerprint density at radius 3 is 2.26 bits per heavy atom. The number of amides is 1. The molecule has 0 spiro atoms. The molecule has 1 aromatic carbocycles. The third kappa shape index (κ3) is 3.49. The van der Waals surface area contributed by atoms with Crippen LogP contribution in [0.3, 0.4) is 0 Å². The van der Waals surface area contributed by atoms with Crippen molar-refractivity contribution in [3.63, 3.8) is 0 Å². The van der Waals surface area contributed by atoms with E-state index in [-0.39, 0.29) is 0 Å². The van der Waals surface area contributed by atoms with Crippen molar-refractivity contribution in [1.29, 1.82) is 0 Å². The van der Waals surface area contributed by atoms with Gasteiger partial charge in [0.1, 0.15) is 4.75 Å². The molecule has 0 bridgehead atoms. The number of halogens is 2. The molecule has 106 valence electrons. The highest BCUT2D eigenvalue weighted by Gasteiger charge is 2.38. The van der Waals surface area contributed by atoms with Crippen LogP contribution in [0.15, 0.2) is 21.1 Å². The Hall–Kier alpha value is -0.600. The lowest BCUT2D eigenvalue weighted by atomic mass is 10.2. The van der Waals surface area contributed by atoms with E-state index in [9.17, 15) is 13.2 Å². The Bertz CT molecular complexity index is 604. The second kappa shape index (κ2) is 5.41. The van der Waals surface area contributed by atoms with Crippen molar-refractivity contribution in [3.05, 3.63) is 21.1 Å². The SMILES string of the molecule is CC(C)(C(=O)Nc1c(N)cc(Br)cc1Br)S(C)(=O)=O. The molecule has 1 aromatic rings. The van der Waals surface area contributed by atoms with Gasteiger partial charge in [0.15, 0.2) is 9.84 Å². The van der Waals surface area contributed by atoms with Gasteiger partial charge in [-0.3, -0.25) is 4.79 Å². The number of sulfone groups is 1. The fourth-order valence-electron chi connectivity index (χ4n) is 1.16. The van der Waals surface area contributed by atoms with Crippen LogP contribution < -0.4 is 11.1 Å². The first-order valence-electron chi connectivity index (χ1n) is 5.22. The number of carbonyl (C=O) groups is 1. The van der Waals surface area contributed by atoms with Crippen LogP contribution in [-0.4, -0.2) is 25.3 Å². The fraction of sp³-hybridized carbons (Fsp3) is 0.364. The average molecular weight is 414 g/mol. The number of carbonyl (C=O) groups excluding carboxylic acids is 1. The molecule has 0 aliphatic heterocycles. The van der Waals surface area contributed by atoms with Gasteiger partial charge in [-0.25, -0.2) is 8.42 Å². The molecule has 3 N–H and O–H groups in total. The van der Waals surface area contributed by atoms with E-state index in [1.165, 1.54) is 13.8 Å². The molecule has 1 rings (SSSR count). The standard InChI is InChI=1S/C11H14Br2N2O3S/c1-11(2,19(3,17)18)10(16)15-9-7(13)4-6(12)5-8(9)14/h4-5H,14H2,1-3H3,(H,15,16). The maximum atomic E-state index is 12.1. The largest absolute Gasteiger partial charge is 0.397 e. The lowest BCUT2D eigenvalue weighted by Crippen LogP contribution is -2.44. The maximum Gasteiger partial charge on any atom is 0.245 e. The Morgan fingerprint density at radius 2 is 1.84 bits per heavy atom. The first kappa shape index (κ1) is 16.5. The minimum Gasteiger partial charge on any atom is -0.397 e. The maximum absolute atomic E-state index is 12.1. The zero-order valence-corrected chi connectivity index (χ0v) is 14.6. The van der Waals surface area contributed by atoms with Crippen LogP contribution in [0.4, 0.5) is 11.4 Å². The van der Waals surface area contributed by atoms with Gasteiger partial charge in [0.25, 0.3) is 0 Å². The van der Waals surface area contributed by atoms with Gasteiger partial charge in [0, 0.05) is 15.2 Å². The van der Waals surface area contributed by atoms with Gasteiger partial charge in [-0.05, 0) is 41.9 Å². The van der Waals surface area contributed by atoms with E-state index in [4.69, 9.17) is 5.73 Å². The summed E-state index contributed by atoms with van der Waals surface area (Å²) >= 11 is 6.54. The van der Waals surface area contributed by atoms with Crippen LogP contribution in [0.1, 0.15) is 13.8 Å². The molecule has 0 heterocycles. The summed E-state index contributed by atoms with van der Waals surface area (Å²) in [6, 6.07) is 3.33. The molecule has 8 heteroatoms. The van der Waals surface area contributed by atoms with Crippen molar-refractivity contribution >= 4 is 59.0 Å². The van der Waals surface area contributed by atoms with Gasteiger partial charge in [-0.1, -0.05) is 15.9 Å². The highest BCUT2D eigenvalue weighted by Crippen LogP contribution is 2.33. The average Bonchev–Trinajstić information content (AvgIpc) is 2.21. The summed E-state index contributed by atoms with van der Waals surface area (Å²) in [7, 11) is -3.53. The molecule has 0 aliphatic rings. The van der Waals surface area contributed by atoms with Crippen LogP contribution in [-0.2, 0) is 14.6 Å². The lowest BCUT2D eigenvalue weighted by molar-refractivity contribution is -0.117. The molecule has 0 saturated carbocycles. The fourth-order valence-corrected chi connectivity index (χ4v) is 2.90. The topological polar surface area (TPSA) is 89.3 Å². The summed E-state index contributed by atoms with van der Waals surface area (Å²) in [5, 5.41) is 2.54.